The summed E-state index contributed by atoms with van der Waals surface area (Å²) in [6.45, 7) is 0. The van der Waals surface area contributed by atoms with E-state index in [9.17, 15) is 0 Å². The number of para-hydroxylation sites is 2. The topological polar surface area (TPSA) is 56.7 Å². The number of rotatable bonds is 3. The average Bonchev–Trinajstić information content (AvgIpc) is 3.76. The van der Waals surface area contributed by atoms with Crippen molar-refractivity contribution in [3.05, 3.63) is 170 Å². The van der Waals surface area contributed by atoms with E-state index in [0.717, 1.165) is 83.0 Å². The third kappa shape index (κ3) is 5.37. The Morgan fingerprint density at radius 2 is 1.35 bits per heavy atom. The van der Waals surface area contributed by atoms with Crippen LogP contribution in [0.25, 0.3) is 83.0 Å². The van der Waals surface area contributed by atoms with Crippen LogP contribution in [0.4, 0.5) is 0 Å². The van der Waals surface area contributed by atoms with Crippen LogP contribution in [0, 0.1) is 12.1 Å². The molecule has 0 N–H and O–H groups in total. The minimum Gasteiger partial charge on any atom is -0.500 e. The van der Waals surface area contributed by atoms with Crippen molar-refractivity contribution >= 4 is 54.6 Å². The quantitative estimate of drug-likeness (QED) is 0.167. The number of benzene rings is 6. The molecule has 6 aromatic carbocycles. The smallest absolute Gasteiger partial charge is 0.128 e. The number of imidazole rings is 1. The van der Waals surface area contributed by atoms with Gasteiger partial charge in [0.05, 0.1) is 34.2 Å². The van der Waals surface area contributed by atoms with Crippen LogP contribution >= 0.6 is 0 Å². The fourth-order valence-electron chi connectivity index (χ4n) is 6.38. The van der Waals surface area contributed by atoms with Gasteiger partial charge in [0, 0.05) is 48.1 Å². The van der Waals surface area contributed by atoms with Crippen LogP contribution < -0.4 is 0 Å². The van der Waals surface area contributed by atoms with Crippen LogP contribution in [0.5, 0.6) is 0 Å². The van der Waals surface area contributed by atoms with Gasteiger partial charge in [0.1, 0.15) is 5.58 Å². The summed E-state index contributed by atoms with van der Waals surface area (Å²) in [6, 6.07) is 55.3. The molecule has 10 aromatic rings. The van der Waals surface area contributed by atoms with Gasteiger partial charge in [0.2, 0.25) is 0 Å². The number of nitrogens with zero attached hydrogens (tertiary/aromatic N) is 4. The van der Waals surface area contributed by atoms with Crippen molar-refractivity contribution in [3.8, 4) is 28.3 Å². The number of fused-ring (bicyclic) bond motifs is 8. The minimum atomic E-state index is 0. The van der Waals surface area contributed by atoms with Crippen LogP contribution in [-0.4, -0.2) is 19.5 Å². The van der Waals surface area contributed by atoms with E-state index < -0.39 is 0 Å². The van der Waals surface area contributed by atoms with Crippen molar-refractivity contribution in [1.29, 1.82) is 0 Å². The van der Waals surface area contributed by atoms with Crippen molar-refractivity contribution < 1.29 is 24.5 Å². The summed E-state index contributed by atoms with van der Waals surface area (Å²) in [5.74, 6) is 0.781. The summed E-state index contributed by atoms with van der Waals surface area (Å²) in [5.41, 5.74) is 8.30. The fraction of sp³-hybridized carbons (Fsp3) is 0. The summed E-state index contributed by atoms with van der Waals surface area (Å²) in [7, 11) is 0. The molecule has 0 aliphatic heterocycles. The van der Waals surface area contributed by atoms with Gasteiger partial charge >= 0.3 is 0 Å². The van der Waals surface area contributed by atoms with Crippen molar-refractivity contribution in [1.82, 2.24) is 19.5 Å². The Bertz CT molecular complexity index is 2680. The predicted octanol–water partition coefficient (Wildman–Crippen LogP) is 10.6. The molecule has 6 heteroatoms. The molecule has 10 rings (SSSR count). The van der Waals surface area contributed by atoms with E-state index in [0.29, 0.717) is 0 Å². The Hall–Kier alpha value is -5.94. The molecule has 4 aromatic heterocycles. The second-order valence-corrected chi connectivity index (χ2v) is 11.5. The molecule has 0 unspecified atom stereocenters. The molecule has 235 valence electrons. The Kier molecular flexibility index (Phi) is 8.02. The molecule has 4 heterocycles. The SMILES string of the molecule is [Ir].[c-]1ccc2c(oc3c4ccccc4ccc23)c1-c1nc2c3ccccc3ncc2n1-c1ccccc1.[c-]1ccccc1-c1ccccn1. The van der Waals surface area contributed by atoms with Gasteiger partial charge in [0.25, 0.3) is 0 Å². The van der Waals surface area contributed by atoms with Crippen molar-refractivity contribution in [2.24, 2.45) is 0 Å². The Morgan fingerprint density at radius 3 is 2.18 bits per heavy atom. The normalized spacial score (nSPS) is 11.1. The number of hydrogen-bond acceptors (Lipinski definition) is 4. The standard InChI is InChI=1S/C32H18N3O.C11H8N.Ir/c1-2-10-21(11-3-1)35-28-19-33-27-16-7-6-13-25(27)29(28)34-32(35)26-15-8-14-23-24-18-17-20-9-4-5-12-22(20)30(24)36-31(23)26;1-2-6-10(7-3-1)11-8-4-5-9-12-11;/h1-14,16-19H;1-6,8-9H;/q2*-1;. The fourth-order valence-corrected chi connectivity index (χ4v) is 6.38. The van der Waals surface area contributed by atoms with Gasteiger partial charge in [-0.1, -0.05) is 95.9 Å². The first kappa shape index (κ1) is 30.4. The van der Waals surface area contributed by atoms with Crippen molar-refractivity contribution in [2.75, 3.05) is 0 Å². The van der Waals surface area contributed by atoms with Crippen molar-refractivity contribution in [3.63, 3.8) is 0 Å². The molecular weight excluding hydrogens is 781 g/mol. The summed E-state index contributed by atoms with van der Waals surface area (Å²) in [4.78, 5) is 14.2. The van der Waals surface area contributed by atoms with Crippen LogP contribution in [0.15, 0.2) is 162 Å². The maximum absolute atomic E-state index is 6.63. The Morgan fingerprint density at radius 1 is 0.571 bits per heavy atom. The van der Waals surface area contributed by atoms with Gasteiger partial charge in [-0.3, -0.25) is 9.97 Å². The number of pyridine rings is 2. The largest absolute Gasteiger partial charge is 0.500 e. The van der Waals surface area contributed by atoms with Gasteiger partial charge in [0.15, 0.2) is 0 Å². The van der Waals surface area contributed by atoms with Gasteiger partial charge in [-0.2, -0.15) is 0 Å². The second kappa shape index (κ2) is 12.9. The summed E-state index contributed by atoms with van der Waals surface area (Å²) >= 11 is 0. The second-order valence-electron chi connectivity index (χ2n) is 11.5. The third-order valence-electron chi connectivity index (χ3n) is 8.61. The van der Waals surface area contributed by atoms with E-state index in [1.165, 1.54) is 0 Å². The Labute approximate surface area is 295 Å². The molecule has 0 amide bonds. The van der Waals surface area contributed by atoms with E-state index >= 15 is 0 Å². The van der Waals surface area contributed by atoms with Gasteiger partial charge < -0.3 is 14.0 Å². The predicted molar refractivity (Wildman–Crippen MR) is 194 cm³/mol. The summed E-state index contributed by atoms with van der Waals surface area (Å²) in [5, 5.41) is 5.42. The molecular formula is C43H26IrN4O-2. The molecule has 0 saturated carbocycles. The first-order valence-electron chi connectivity index (χ1n) is 15.8. The van der Waals surface area contributed by atoms with Crippen LogP contribution in [-0.2, 0) is 20.1 Å². The van der Waals surface area contributed by atoms with E-state index in [-0.39, 0.29) is 20.1 Å². The number of furan rings is 1. The summed E-state index contributed by atoms with van der Waals surface area (Å²) < 4.78 is 8.78. The zero-order valence-corrected chi connectivity index (χ0v) is 28.4. The zero-order valence-electron chi connectivity index (χ0n) is 26.0. The molecule has 49 heavy (non-hydrogen) atoms. The maximum atomic E-state index is 6.63. The molecule has 5 nitrogen and oxygen atoms in total. The van der Waals surface area contributed by atoms with Crippen LogP contribution in [0.1, 0.15) is 0 Å². The summed E-state index contributed by atoms with van der Waals surface area (Å²) in [6.07, 6.45) is 3.70. The first-order valence-corrected chi connectivity index (χ1v) is 15.8. The third-order valence-corrected chi connectivity index (χ3v) is 8.61. The number of hydrogen-bond donors (Lipinski definition) is 0. The molecule has 0 bridgehead atoms. The molecule has 0 atom stereocenters. The molecule has 0 spiro atoms. The van der Waals surface area contributed by atoms with E-state index in [2.05, 4.69) is 82.3 Å². The van der Waals surface area contributed by atoms with Crippen LogP contribution in [0.3, 0.4) is 0 Å². The Balaban J connectivity index is 0.000000228. The molecule has 0 saturated heterocycles. The average molecular weight is 807 g/mol. The van der Waals surface area contributed by atoms with E-state index in [1.54, 1.807) is 6.20 Å². The molecule has 0 aliphatic carbocycles. The van der Waals surface area contributed by atoms with Crippen molar-refractivity contribution in [2.45, 2.75) is 0 Å². The first-order chi connectivity index (χ1) is 23.8. The van der Waals surface area contributed by atoms with E-state index in [1.807, 2.05) is 91.1 Å². The maximum Gasteiger partial charge on any atom is 0.128 e. The monoisotopic (exact) mass is 807 g/mol. The minimum absolute atomic E-state index is 0. The van der Waals surface area contributed by atoms with Crippen LogP contribution in [0.2, 0.25) is 0 Å². The van der Waals surface area contributed by atoms with Gasteiger partial charge in [-0.25, -0.2) is 0 Å². The number of aromatic nitrogens is 4. The molecule has 0 fully saturated rings. The van der Waals surface area contributed by atoms with Gasteiger partial charge in [-0.15, -0.1) is 54.1 Å². The zero-order chi connectivity index (χ0) is 31.9. The molecule has 0 aliphatic rings. The van der Waals surface area contributed by atoms with Gasteiger partial charge in [-0.05, 0) is 35.3 Å². The molecule has 1 radical (unpaired) electrons. The van der Waals surface area contributed by atoms with E-state index in [4.69, 9.17) is 14.4 Å².